The number of halogens is 2. The Morgan fingerprint density at radius 3 is 2.91 bits per heavy atom. The van der Waals surface area contributed by atoms with E-state index in [1.165, 1.54) is 38.1 Å². The Hall–Kier alpha value is -3.32. The van der Waals surface area contributed by atoms with Gasteiger partial charge in [0.1, 0.15) is 5.76 Å². The summed E-state index contributed by atoms with van der Waals surface area (Å²) in [6, 6.07) is 5.15. The number of benzene rings is 1. The van der Waals surface area contributed by atoms with Gasteiger partial charge in [0.25, 0.3) is 0 Å². The molecular formula is C23H25F2N5O2S. The lowest BCUT2D eigenvalue weighted by atomic mass is 9.99. The summed E-state index contributed by atoms with van der Waals surface area (Å²) in [6.45, 7) is 4.82. The van der Waals surface area contributed by atoms with Gasteiger partial charge in [0.15, 0.2) is 10.5 Å². The summed E-state index contributed by atoms with van der Waals surface area (Å²) in [5.74, 6) is 6.72. The van der Waals surface area contributed by atoms with Crippen LogP contribution in [0, 0.1) is 17.8 Å². The zero-order chi connectivity index (χ0) is 23.8. The van der Waals surface area contributed by atoms with Crippen molar-refractivity contribution in [1.29, 1.82) is 0 Å². The van der Waals surface area contributed by atoms with Crippen LogP contribution in [0.2, 0.25) is 0 Å². The van der Waals surface area contributed by atoms with Crippen molar-refractivity contribution in [3.8, 4) is 11.8 Å². The van der Waals surface area contributed by atoms with Crippen molar-refractivity contribution in [2.75, 3.05) is 17.7 Å². The van der Waals surface area contributed by atoms with Crippen LogP contribution in [0.1, 0.15) is 31.7 Å². The monoisotopic (exact) mass is 473 g/mol. The molecular weight excluding hydrogens is 448 g/mol. The minimum atomic E-state index is -2.54. The van der Waals surface area contributed by atoms with Gasteiger partial charge in [0.2, 0.25) is 12.3 Å². The maximum Gasteiger partial charge on any atom is 0.242 e. The number of hydrogen-bond acceptors (Lipinski definition) is 7. The normalized spacial score (nSPS) is 18.1. The first kappa shape index (κ1) is 24.3. The van der Waals surface area contributed by atoms with E-state index in [0.29, 0.717) is 33.5 Å². The molecule has 174 valence electrons. The van der Waals surface area contributed by atoms with Crippen LogP contribution in [0.4, 0.5) is 20.2 Å². The molecule has 3 N–H and O–H groups in total. The lowest BCUT2D eigenvalue weighted by Crippen LogP contribution is -2.26. The molecule has 0 bridgehead atoms. The number of carbonyl (C=O) groups is 1. The fraction of sp³-hybridized carbons (Fsp3) is 0.348. The number of allylic oxidation sites excluding steroid dienone is 2. The van der Waals surface area contributed by atoms with Crippen LogP contribution in [0.3, 0.4) is 0 Å². The third kappa shape index (κ3) is 7.36. The first-order valence-corrected chi connectivity index (χ1v) is 11.2. The second-order valence-electron chi connectivity index (χ2n) is 7.30. The average Bonchev–Trinajstić information content (AvgIpc) is 3.50. The Labute approximate surface area is 195 Å². The number of alkyl halides is 2. The molecule has 1 unspecified atom stereocenters. The van der Waals surface area contributed by atoms with Crippen molar-refractivity contribution in [1.82, 2.24) is 5.43 Å². The van der Waals surface area contributed by atoms with E-state index in [2.05, 4.69) is 44.7 Å². The maximum absolute atomic E-state index is 13.1. The smallest absolute Gasteiger partial charge is 0.242 e. The number of methoxy groups -OCH3 is 1. The topological polar surface area (TPSA) is 87.1 Å². The summed E-state index contributed by atoms with van der Waals surface area (Å²) >= 11 is 1.42. The van der Waals surface area contributed by atoms with E-state index in [-0.39, 0.29) is 17.2 Å². The molecule has 1 fully saturated rings. The molecule has 1 aliphatic carbocycles. The summed E-state index contributed by atoms with van der Waals surface area (Å²) in [6.07, 6.45) is 1.96. The number of rotatable bonds is 9. The zero-order valence-corrected chi connectivity index (χ0v) is 19.1. The number of ether oxygens (including phenoxy) is 1. The molecule has 1 aliphatic heterocycles. The van der Waals surface area contributed by atoms with Gasteiger partial charge in [-0.2, -0.15) is 5.10 Å². The van der Waals surface area contributed by atoms with Gasteiger partial charge in [-0.3, -0.25) is 15.2 Å². The number of nitrogens with zero attached hydrogens (tertiary/aromatic N) is 2. The van der Waals surface area contributed by atoms with Gasteiger partial charge in [-0.1, -0.05) is 12.0 Å². The standard InChI is InChI=1S/C23H25F2N5O2S/c1-14(31)27-16-7-9-19(28-23-30-29-22(33-23)11-6-15-4-5-15)18(12-16)17(8-10-21(24)25)20(32-3)13-26-2/h7-9,12-13,15,21,23,28,30H,2,4-5,10H2,1,3H3,(H,27,31)/b17-8-,20-13+. The highest BCUT2D eigenvalue weighted by atomic mass is 32.2. The van der Waals surface area contributed by atoms with Crippen LogP contribution < -0.4 is 16.1 Å². The van der Waals surface area contributed by atoms with Crippen molar-refractivity contribution >= 4 is 46.4 Å². The number of hydrogen-bond donors (Lipinski definition) is 3. The quantitative estimate of drug-likeness (QED) is 0.211. The number of carbonyl (C=O) groups excluding carboxylic acids is 1. The molecule has 33 heavy (non-hydrogen) atoms. The second-order valence-corrected chi connectivity index (χ2v) is 8.39. The molecule has 3 rings (SSSR count). The van der Waals surface area contributed by atoms with Crippen molar-refractivity contribution in [3.05, 3.63) is 41.8 Å². The molecule has 0 radical (unpaired) electrons. The average molecular weight is 474 g/mol. The van der Waals surface area contributed by atoms with E-state index in [1.54, 1.807) is 18.2 Å². The highest BCUT2D eigenvalue weighted by Crippen LogP contribution is 2.35. The molecule has 1 saturated carbocycles. The molecule has 2 aliphatic rings. The fourth-order valence-corrected chi connectivity index (χ4v) is 3.71. The molecule has 0 spiro atoms. The van der Waals surface area contributed by atoms with Crippen molar-refractivity contribution < 1.29 is 18.3 Å². The van der Waals surface area contributed by atoms with Crippen LogP contribution >= 0.6 is 11.8 Å². The Balaban J connectivity index is 1.93. The fourth-order valence-electron chi connectivity index (χ4n) is 2.97. The van der Waals surface area contributed by atoms with Crippen LogP contribution in [0.25, 0.3) is 5.57 Å². The third-order valence-corrected chi connectivity index (χ3v) is 5.46. The predicted molar refractivity (Wildman–Crippen MR) is 130 cm³/mol. The SMILES string of the molecule is C=N/C=C(OC)\C(=C/CC(F)F)c1cc(NC(C)=O)ccc1NC1NN=C(C#CC2CC2)S1. The van der Waals surface area contributed by atoms with Crippen molar-refractivity contribution in [3.63, 3.8) is 0 Å². The largest absolute Gasteiger partial charge is 0.495 e. The highest BCUT2D eigenvalue weighted by molar-refractivity contribution is 8.15. The lowest BCUT2D eigenvalue weighted by molar-refractivity contribution is -0.114. The van der Waals surface area contributed by atoms with Gasteiger partial charge in [-0.15, -0.1) is 0 Å². The summed E-state index contributed by atoms with van der Waals surface area (Å²) in [5, 5.41) is 11.0. The van der Waals surface area contributed by atoms with Gasteiger partial charge in [0, 0.05) is 41.8 Å². The minimum Gasteiger partial charge on any atom is -0.495 e. The van der Waals surface area contributed by atoms with Crippen molar-refractivity contribution in [2.24, 2.45) is 16.0 Å². The van der Waals surface area contributed by atoms with E-state index >= 15 is 0 Å². The molecule has 1 aromatic rings. The Bertz CT molecular complexity index is 1050. The van der Waals surface area contributed by atoms with Gasteiger partial charge >= 0.3 is 0 Å². The number of anilines is 2. The van der Waals surface area contributed by atoms with Crippen LogP contribution in [-0.4, -0.2) is 36.7 Å². The van der Waals surface area contributed by atoms with E-state index in [9.17, 15) is 13.6 Å². The number of aliphatic imine (C=N–C) groups is 1. The molecule has 1 amide bonds. The number of hydrazone groups is 1. The first-order chi connectivity index (χ1) is 15.9. The van der Waals surface area contributed by atoms with E-state index in [0.717, 1.165) is 12.8 Å². The van der Waals surface area contributed by atoms with Gasteiger partial charge in [0.05, 0.1) is 13.3 Å². The van der Waals surface area contributed by atoms with E-state index < -0.39 is 12.8 Å². The zero-order valence-electron chi connectivity index (χ0n) is 18.3. The molecule has 1 heterocycles. The summed E-state index contributed by atoms with van der Waals surface area (Å²) in [7, 11) is 1.42. The third-order valence-electron chi connectivity index (χ3n) is 4.58. The maximum atomic E-state index is 13.1. The van der Waals surface area contributed by atoms with Crippen molar-refractivity contribution in [2.45, 2.75) is 38.1 Å². The molecule has 7 nitrogen and oxygen atoms in total. The second kappa shape index (κ2) is 11.5. The van der Waals surface area contributed by atoms with Gasteiger partial charge < -0.3 is 15.4 Å². The number of amides is 1. The number of thioether (sulfide) groups is 1. The Morgan fingerprint density at radius 1 is 1.48 bits per heavy atom. The van der Waals surface area contributed by atoms with E-state index in [4.69, 9.17) is 4.74 Å². The summed E-state index contributed by atoms with van der Waals surface area (Å²) in [4.78, 5) is 15.3. The highest BCUT2D eigenvalue weighted by Gasteiger charge is 2.23. The molecule has 1 atom stereocenters. The summed E-state index contributed by atoms with van der Waals surface area (Å²) in [5.41, 5.74) is 4.72. The molecule has 10 heteroatoms. The van der Waals surface area contributed by atoms with Crippen LogP contribution in [0.15, 0.2) is 46.3 Å². The Morgan fingerprint density at radius 2 is 2.27 bits per heavy atom. The number of nitrogens with one attached hydrogen (secondary N) is 3. The van der Waals surface area contributed by atoms with Crippen LogP contribution in [-0.2, 0) is 9.53 Å². The minimum absolute atomic E-state index is 0.254. The molecule has 1 aromatic carbocycles. The van der Waals surface area contributed by atoms with Gasteiger partial charge in [-0.25, -0.2) is 8.78 Å². The Kier molecular flexibility index (Phi) is 8.49. The summed E-state index contributed by atoms with van der Waals surface area (Å²) < 4.78 is 31.5. The predicted octanol–water partition coefficient (Wildman–Crippen LogP) is 4.63. The molecule has 0 saturated heterocycles. The first-order valence-electron chi connectivity index (χ1n) is 10.3. The van der Waals surface area contributed by atoms with Gasteiger partial charge in [-0.05, 0) is 55.4 Å². The van der Waals surface area contributed by atoms with Crippen LogP contribution in [0.5, 0.6) is 0 Å². The molecule has 0 aromatic heterocycles. The van der Waals surface area contributed by atoms with E-state index in [1.807, 2.05) is 0 Å². The lowest BCUT2D eigenvalue weighted by Gasteiger charge is -2.20.